The molecule has 0 spiro atoms. The summed E-state index contributed by atoms with van der Waals surface area (Å²) in [6.45, 7) is 2.79. The lowest BCUT2D eigenvalue weighted by Gasteiger charge is -2.32. The summed E-state index contributed by atoms with van der Waals surface area (Å²) in [5, 5.41) is 0. The first-order chi connectivity index (χ1) is 12.4. The largest absolute Gasteiger partial charge is 0.467 e. The molecule has 1 aromatic carbocycles. The van der Waals surface area contributed by atoms with Crippen LogP contribution in [0.15, 0.2) is 52.0 Å². The lowest BCUT2D eigenvalue weighted by molar-refractivity contribution is 0.0775. The third-order valence-corrected chi connectivity index (χ3v) is 6.76. The smallest absolute Gasteiger partial charge is 0.254 e. The van der Waals surface area contributed by atoms with Gasteiger partial charge in [0.25, 0.3) is 5.91 Å². The van der Waals surface area contributed by atoms with Gasteiger partial charge in [0, 0.05) is 25.2 Å². The van der Waals surface area contributed by atoms with Crippen molar-refractivity contribution in [2.75, 3.05) is 13.6 Å². The van der Waals surface area contributed by atoms with E-state index in [-0.39, 0.29) is 16.8 Å². The molecule has 2 heterocycles. The van der Waals surface area contributed by atoms with Crippen molar-refractivity contribution < 1.29 is 17.6 Å². The molecule has 2 aromatic rings. The summed E-state index contributed by atoms with van der Waals surface area (Å²) in [6.07, 6.45) is 4.34. The van der Waals surface area contributed by atoms with Crippen LogP contribution in [-0.4, -0.2) is 43.2 Å². The first kappa shape index (κ1) is 18.7. The van der Waals surface area contributed by atoms with Crippen LogP contribution >= 0.6 is 0 Å². The van der Waals surface area contributed by atoms with Crippen LogP contribution in [0.3, 0.4) is 0 Å². The van der Waals surface area contributed by atoms with Crippen LogP contribution < -0.4 is 0 Å². The number of piperidine rings is 1. The minimum Gasteiger partial charge on any atom is -0.467 e. The number of hydrogen-bond acceptors (Lipinski definition) is 4. The van der Waals surface area contributed by atoms with E-state index < -0.39 is 10.0 Å². The van der Waals surface area contributed by atoms with Crippen LogP contribution in [0.25, 0.3) is 0 Å². The summed E-state index contributed by atoms with van der Waals surface area (Å²) in [5.74, 6) is 0.428. The maximum Gasteiger partial charge on any atom is 0.254 e. The molecule has 3 rings (SSSR count). The van der Waals surface area contributed by atoms with Crippen LogP contribution in [0.1, 0.15) is 42.3 Å². The molecule has 0 aliphatic carbocycles. The van der Waals surface area contributed by atoms with E-state index in [1.54, 1.807) is 47.9 Å². The number of amides is 1. The highest BCUT2D eigenvalue weighted by molar-refractivity contribution is 7.89. The van der Waals surface area contributed by atoms with Crippen LogP contribution in [0.5, 0.6) is 0 Å². The molecule has 1 amide bonds. The Labute approximate surface area is 154 Å². The molecule has 0 saturated carbocycles. The molecule has 6 nitrogen and oxygen atoms in total. The topological polar surface area (TPSA) is 70.8 Å². The predicted molar refractivity (Wildman–Crippen MR) is 98.2 cm³/mol. The Balaban J connectivity index is 1.82. The second kappa shape index (κ2) is 7.63. The van der Waals surface area contributed by atoms with Gasteiger partial charge in [0.15, 0.2) is 0 Å². The van der Waals surface area contributed by atoms with Gasteiger partial charge in [-0.1, -0.05) is 12.5 Å². The first-order valence-electron chi connectivity index (χ1n) is 8.79. The zero-order chi connectivity index (χ0) is 18.7. The Morgan fingerprint density at radius 3 is 2.77 bits per heavy atom. The molecule has 0 N–H and O–H groups in total. The SMILES string of the molecule is CC1CCCCN1S(=O)(=O)c1cccc(C(=O)N(C)Cc2ccco2)c1. The van der Waals surface area contributed by atoms with Crippen LogP contribution in [0, 0.1) is 0 Å². The van der Waals surface area contributed by atoms with E-state index in [4.69, 9.17) is 4.42 Å². The van der Waals surface area contributed by atoms with Crippen LogP contribution in [0.2, 0.25) is 0 Å². The minimum atomic E-state index is -3.60. The van der Waals surface area contributed by atoms with E-state index >= 15 is 0 Å². The number of hydrogen-bond donors (Lipinski definition) is 0. The van der Waals surface area contributed by atoms with Gasteiger partial charge in [-0.3, -0.25) is 4.79 Å². The lowest BCUT2D eigenvalue weighted by atomic mass is 10.1. The summed E-state index contributed by atoms with van der Waals surface area (Å²) in [6, 6.07) is 9.82. The Hall–Kier alpha value is -2.12. The number of rotatable bonds is 5. The fourth-order valence-electron chi connectivity index (χ4n) is 3.28. The van der Waals surface area contributed by atoms with Gasteiger partial charge in [-0.15, -0.1) is 0 Å². The molecule has 1 aliphatic rings. The zero-order valence-electron chi connectivity index (χ0n) is 15.1. The molecule has 1 aromatic heterocycles. The van der Waals surface area contributed by atoms with Crippen molar-refractivity contribution in [3.8, 4) is 0 Å². The van der Waals surface area contributed by atoms with Crippen molar-refractivity contribution in [3.05, 3.63) is 54.0 Å². The Bertz CT molecular complexity index is 861. The molecule has 26 heavy (non-hydrogen) atoms. The fourth-order valence-corrected chi connectivity index (χ4v) is 5.03. The molecule has 1 fully saturated rings. The highest BCUT2D eigenvalue weighted by Crippen LogP contribution is 2.25. The number of sulfonamides is 1. The summed E-state index contributed by atoms with van der Waals surface area (Å²) >= 11 is 0. The van der Waals surface area contributed by atoms with Gasteiger partial charge in [-0.2, -0.15) is 4.31 Å². The van der Waals surface area contributed by atoms with Crippen LogP contribution in [0.4, 0.5) is 0 Å². The predicted octanol–water partition coefficient (Wildman–Crippen LogP) is 3.11. The highest BCUT2D eigenvalue weighted by atomic mass is 32.2. The Morgan fingerprint density at radius 1 is 1.27 bits per heavy atom. The minimum absolute atomic E-state index is 0.0188. The molecule has 1 saturated heterocycles. The van der Waals surface area contributed by atoms with E-state index in [1.165, 1.54) is 11.0 Å². The molecular weight excluding hydrogens is 352 g/mol. The zero-order valence-corrected chi connectivity index (χ0v) is 15.9. The number of carbonyl (C=O) groups excluding carboxylic acids is 1. The third kappa shape index (κ3) is 3.83. The van der Waals surface area contributed by atoms with E-state index in [0.29, 0.717) is 24.4 Å². The summed E-state index contributed by atoms with van der Waals surface area (Å²) in [5.41, 5.74) is 0.352. The quantitative estimate of drug-likeness (QED) is 0.804. The molecule has 0 radical (unpaired) electrons. The van der Waals surface area contributed by atoms with Crippen molar-refractivity contribution >= 4 is 15.9 Å². The summed E-state index contributed by atoms with van der Waals surface area (Å²) < 4.78 is 32.8. The molecule has 140 valence electrons. The summed E-state index contributed by atoms with van der Waals surface area (Å²) in [4.78, 5) is 14.3. The lowest BCUT2D eigenvalue weighted by Crippen LogP contribution is -2.42. The number of furan rings is 1. The van der Waals surface area contributed by atoms with Gasteiger partial charge in [0.2, 0.25) is 10.0 Å². The molecule has 1 atom stereocenters. The fraction of sp³-hybridized carbons (Fsp3) is 0.421. The third-order valence-electron chi connectivity index (χ3n) is 4.75. The normalized spacial score (nSPS) is 18.6. The highest BCUT2D eigenvalue weighted by Gasteiger charge is 2.31. The summed E-state index contributed by atoms with van der Waals surface area (Å²) in [7, 11) is -1.93. The number of carbonyl (C=O) groups is 1. The van der Waals surface area contributed by atoms with Gasteiger partial charge in [0.05, 0.1) is 17.7 Å². The second-order valence-corrected chi connectivity index (χ2v) is 8.62. The van der Waals surface area contributed by atoms with Gasteiger partial charge in [0.1, 0.15) is 5.76 Å². The Morgan fingerprint density at radius 2 is 2.08 bits per heavy atom. The van der Waals surface area contributed by atoms with E-state index in [0.717, 1.165) is 19.3 Å². The van der Waals surface area contributed by atoms with Crippen molar-refractivity contribution in [1.29, 1.82) is 0 Å². The standard InChI is InChI=1S/C19H24N2O4S/c1-15-7-3-4-11-21(15)26(23,24)18-10-5-8-16(13-18)19(22)20(2)14-17-9-6-12-25-17/h5-6,8-10,12-13,15H,3-4,7,11,14H2,1-2H3. The number of nitrogens with zero attached hydrogens (tertiary/aromatic N) is 2. The molecule has 1 aliphatic heterocycles. The van der Waals surface area contributed by atoms with Gasteiger partial charge >= 0.3 is 0 Å². The van der Waals surface area contributed by atoms with Crippen molar-refractivity contribution in [2.24, 2.45) is 0 Å². The van der Waals surface area contributed by atoms with Crippen LogP contribution in [-0.2, 0) is 16.6 Å². The average Bonchev–Trinajstić information content (AvgIpc) is 3.14. The molecular formula is C19H24N2O4S. The van der Waals surface area contributed by atoms with Gasteiger partial charge in [-0.25, -0.2) is 8.42 Å². The van der Waals surface area contributed by atoms with Gasteiger partial charge < -0.3 is 9.32 Å². The number of benzene rings is 1. The maximum absolute atomic E-state index is 13.0. The van der Waals surface area contributed by atoms with E-state index in [2.05, 4.69) is 0 Å². The molecule has 1 unspecified atom stereocenters. The van der Waals surface area contributed by atoms with E-state index in [1.807, 2.05) is 6.92 Å². The second-order valence-electron chi connectivity index (χ2n) is 6.73. The van der Waals surface area contributed by atoms with Crippen molar-refractivity contribution in [3.63, 3.8) is 0 Å². The van der Waals surface area contributed by atoms with Crippen molar-refractivity contribution in [1.82, 2.24) is 9.21 Å². The molecule has 0 bridgehead atoms. The first-order valence-corrected chi connectivity index (χ1v) is 10.2. The maximum atomic E-state index is 13.0. The monoisotopic (exact) mass is 376 g/mol. The van der Waals surface area contributed by atoms with Gasteiger partial charge in [-0.05, 0) is 50.1 Å². The molecule has 7 heteroatoms. The Kier molecular flexibility index (Phi) is 5.48. The van der Waals surface area contributed by atoms with Crippen molar-refractivity contribution in [2.45, 2.75) is 43.7 Å². The average molecular weight is 376 g/mol. The van der Waals surface area contributed by atoms with E-state index in [9.17, 15) is 13.2 Å².